The van der Waals surface area contributed by atoms with Crippen LogP contribution in [-0.4, -0.2) is 37.4 Å². The van der Waals surface area contributed by atoms with Crippen LogP contribution in [0.1, 0.15) is 28.4 Å². The van der Waals surface area contributed by atoms with Crippen LogP contribution in [0.4, 0.5) is 0 Å². The van der Waals surface area contributed by atoms with Gasteiger partial charge in [0.1, 0.15) is 12.4 Å². The van der Waals surface area contributed by atoms with Gasteiger partial charge >= 0.3 is 0 Å². The van der Waals surface area contributed by atoms with Crippen molar-refractivity contribution in [2.75, 3.05) is 27.4 Å². The summed E-state index contributed by atoms with van der Waals surface area (Å²) in [5, 5.41) is 10.8. The van der Waals surface area contributed by atoms with E-state index in [0.717, 1.165) is 59.1 Å². The zero-order valence-corrected chi connectivity index (χ0v) is 18.1. The molecule has 0 aliphatic carbocycles. The lowest BCUT2D eigenvalue weighted by atomic mass is 9.99. The maximum Gasteiger partial charge on any atom is 0.161 e. The number of benzene rings is 3. The number of hydrogen-bond acceptors (Lipinski definition) is 5. The van der Waals surface area contributed by atoms with Crippen LogP contribution in [0.15, 0.2) is 66.7 Å². The third-order valence-electron chi connectivity index (χ3n) is 5.65. The molecule has 1 aliphatic rings. The monoisotopic (exact) mass is 419 g/mol. The van der Waals surface area contributed by atoms with Crippen LogP contribution in [0, 0.1) is 0 Å². The van der Waals surface area contributed by atoms with Crippen LogP contribution in [0.25, 0.3) is 0 Å². The number of ether oxygens (including phenoxy) is 3. The molecule has 4 rings (SSSR count). The average molecular weight is 420 g/mol. The Hall–Kier alpha value is -3.02. The first kappa shape index (κ1) is 21.2. The van der Waals surface area contributed by atoms with Gasteiger partial charge in [0.05, 0.1) is 20.3 Å². The molecule has 0 spiro atoms. The Balaban J connectivity index is 1.49. The summed E-state index contributed by atoms with van der Waals surface area (Å²) in [6.45, 7) is 2.99. The first-order valence-corrected chi connectivity index (χ1v) is 10.6. The Kier molecular flexibility index (Phi) is 6.75. The summed E-state index contributed by atoms with van der Waals surface area (Å²) in [4.78, 5) is 2.35. The minimum atomic E-state index is -0.546. The average Bonchev–Trinajstić information content (AvgIpc) is 3.00. The Morgan fingerprint density at radius 2 is 1.74 bits per heavy atom. The number of aliphatic hydroxyl groups is 1. The summed E-state index contributed by atoms with van der Waals surface area (Å²) in [5.41, 5.74) is 4.29. The van der Waals surface area contributed by atoms with E-state index in [-0.39, 0.29) is 0 Å². The summed E-state index contributed by atoms with van der Waals surface area (Å²) < 4.78 is 16.8. The third-order valence-corrected chi connectivity index (χ3v) is 5.65. The molecule has 0 unspecified atom stereocenters. The summed E-state index contributed by atoms with van der Waals surface area (Å²) in [7, 11) is 3.30. The predicted molar refractivity (Wildman–Crippen MR) is 121 cm³/mol. The highest BCUT2D eigenvalue weighted by Gasteiger charge is 2.19. The Labute approximate surface area is 183 Å². The largest absolute Gasteiger partial charge is 0.493 e. The van der Waals surface area contributed by atoms with Crippen LogP contribution in [0.3, 0.4) is 0 Å². The molecule has 0 aromatic heterocycles. The minimum Gasteiger partial charge on any atom is -0.493 e. The number of hydrogen-bond donors (Lipinski definition) is 1. The quantitative estimate of drug-likeness (QED) is 0.616. The van der Waals surface area contributed by atoms with Crippen molar-refractivity contribution in [3.05, 3.63) is 89.0 Å². The fraction of sp³-hybridized carbons (Fsp3) is 0.308. The van der Waals surface area contributed by atoms with Gasteiger partial charge in [-0.2, -0.15) is 0 Å². The smallest absolute Gasteiger partial charge is 0.161 e. The van der Waals surface area contributed by atoms with Gasteiger partial charge in [0, 0.05) is 31.6 Å². The zero-order valence-electron chi connectivity index (χ0n) is 18.1. The molecule has 3 aromatic carbocycles. The standard InChI is InChI=1S/C26H29NO4/c1-29-25-10-8-20(15-26(25)30-2)17-27-12-13-31-24-11-9-21(16-22(24)18-27)23(28)14-19-6-4-3-5-7-19/h3-11,15-16,23,28H,12-14,17-18H2,1-2H3/t23-/m1/s1. The van der Waals surface area contributed by atoms with E-state index in [2.05, 4.69) is 17.0 Å². The molecule has 162 valence electrons. The molecular formula is C26H29NO4. The maximum atomic E-state index is 10.8. The number of methoxy groups -OCH3 is 2. The van der Waals surface area contributed by atoms with Crippen molar-refractivity contribution < 1.29 is 19.3 Å². The maximum absolute atomic E-state index is 10.8. The van der Waals surface area contributed by atoms with E-state index in [1.165, 1.54) is 0 Å². The van der Waals surface area contributed by atoms with E-state index < -0.39 is 6.10 Å². The van der Waals surface area contributed by atoms with Crippen LogP contribution in [-0.2, 0) is 19.5 Å². The topological polar surface area (TPSA) is 51.2 Å². The molecule has 1 aliphatic heterocycles. The van der Waals surface area contributed by atoms with E-state index in [9.17, 15) is 5.11 Å². The molecule has 0 radical (unpaired) electrons. The molecule has 1 heterocycles. The first-order chi connectivity index (χ1) is 15.2. The normalized spacial score (nSPS) is 14.8. The van der Waals surface area contributed by atoms with Crippen molar-refractivity contribution in [1.82, 2.24) is 4.90 Å². The van der Waals surface area contributed by atoms with Gasteiger partial charge in [0.2, 0.25) is 0 Å². The Bertz CT molecular complexity index is 1010. The fourth-order valence-corrected chi connectivity index (χ4v) is 4.00. The Morgan fingerprint density at radius 1 is 0.935 bits per heavy atom. The number of fused-ring (bicyclic) bond motifs is 1. The highest BCUT2D eigenvalue weighted by Crippen LogP contribution is 2.31. The first-order valence-electron chi connectivity index (χ1n) is 10.6. The number of nitrogens with zero attached hydrogens (tertiary/aromatic N) is 1. The molecule has 0 saturated carbocycles. The molecule has 0 saturated heterocycles. The zero-order chi connectivity index (χ0) is 21.6. The van der Waals surface area contributed by atoms with E-state index in [1.807, 2.05) is 54.6 Å². The van der Waals surface area contributed by atoms with Gasteiger partial charge in [-0.3, -0.25) is 4.90 Å². The summed E-state index contributed by atoms with van der Waals surface area (Å²) in [5.74, 6) is 2.36. The second-order valence-electron chi connectivity index (χ2n) is 7.82. The highest BCUT2D eigenvalue weighted by atomic mass is 16.5. The van der Waals surface area contributed by atoms with Crippen LogP contribution in [0.2, 0.25) is 0 Å². The van der Waals surface area contributed by atoms with Gasteiger partial charge in [0.25, 0.3) is 0 Å². The molecule has 1 atom stereocenters. The molecule has 5 heteroatoms. The van der Waals surface area contributed by atoms with E-state index in [1.54, 1.807) is 14.2 Å². The second-order valence-corrected chi connectivity index (χ2v) is 7.82. The third kappa shape index (κ3) is 5.19. The minimum absolute atomic E-state index is 0.546. The summed E-state index contributed by atoms with van der Waals surface area (Å²) >= 11 is 0. The highest BCUT2D eigenvalue weighted by molar-refractivity contribution is 5.43. The summed E-state index contributed by atoms with van der Waals surface area (Å²) in [6, 6.07) is 22.1. The van der Waals surface area contributed by atoms with Crippen molar-refractivity contribution in [2.45, 2.75) is 25.6 Å². The molecule has 1 N–H and O–H groups in total. The Morgan fingerprint density at radius 3 is 2.52 bits per heavy atom. The van der Waals surface area contributed by atoms with Gasteiger partial charge in [-0.15, -0.1) is 0 Å². The van der Waals surface area contributed by atoms with E-state index in [0.29, 0.717) is 13.0 Å². The number of aliphatic hydroxyl groups excluding tert-OH is 1. The molecule has 0 amide bonds. The summed E-state index contributed by atoms with van der Waals surface area (Å²) in [6.07, 6.45) is 0.0470. The van der Waals surface area contributed by atoms with Crippen LogP contribution < -0.4 is 14.2 Å². The van der Waals surface area contributed by atoms with Gasteiger partial charge in [-0.05, 0) is 41.0 Å². The fourth-order valence-electron chi connectivity index (χ4n) is 4.00. The van der Waals surface area contributed by atoms with Gasteiger partial charge < -0.3 is 19.3 Å². The van der Waals surface area contributed by atoms with E-state index in [4.69, 9.17) is 14.2 Å². The number of rotatable bonds is 7. The molecule has 3 aromatic rings. The van der Waals surface area contributed by atoms with Crippen LogP contribution in [0.5, 0.6) is 17.2 Å². The van der Waals surface area contributed by atoms with Crippen LogP contribution >= 0.6 is 0 Å². The van der Waals surface area contributed by atoms with Crippen molar-refractivity contribution in [3.63, 3.8) is 0 Å². The lowest BCUT2D eigenvalue weighted by molar-refractivity contribution is 0.178. The molecule has 5 nitrogen and oxygen atoms in total. The molecule has 0 bridgehead atoms. The van der Waals surface area contributed by atoms with Gasteiger partial charge in [-0.25, -0.2) is 0 Å². The molecule has 0 fully saturated rings. The SMILES string of the molecule is COc1ccc(CN2CCOc3ccc([C@H](O)Cc4ccccc4)cc3C2)cc1OC. The van der Waals surface area contributed by atoms with Gasteiger partial charge in [-0.1, -0.05) is 42.5 Å². The van der Waals surface area contributed by atoms with Crippen molar-refractivity contribution in [3.8, 4) is 17.2 Å². The lowest BCUT2D eigenvalue weighted by Gasteiger charge is -2.21. The lowest BCUT2D eigenvalue weighted by Crippen LogP contribution is -2.25. The van der Waals surface area contributed by atoms with Crippen molar-refractivity contribution in [2.24, 2.45) is 0 Å². The second kappa shape index (κ2) is 9.86. The van der Waals surface area contributed by atoms with Crippen molar-refractivity contribution >= 4 is 0 Å². The van der Waals surface area contributed by atoms with E-state index >= 15 is 0 Å². The molecular weight excluding hydrogens is 390 g/mol. The van der Waals surface area contributed by atoms with Gasteiger partial charge in [0.15, 0.2) is 11.5 Å². The van der Waals surface area contributed by atoms with Crippen molar-refractivity contribution in [1.29, 1.82) is 0 Å². The molecule has 31 heavy (non-hydrogen) atoms. The predicted octanol–water partition coefficient (Wildman–Crippen LogP) is 4.37.